The van der Waals surface area contributed by atoms with E-state index in [1.807, 2.05) is 6.92 Å². The van der Waals surface area contributed by atoms with Gasteiger partial charge in [0.15, 0.2) is 0 Å². The summed E-state index contributed by atoms with van der Waals surface area (Å²) in [5, 5.41) is 0.612. The molecular formula is C9H9Cl2F3Si. The molecule has 0 amide bonds. The van der Waals surface area contributed by atoms with Crippen LogP contribution in [0.15, 0.2) is 24.3 Å². The number of halogens is 5. The van der Waals surface area contributed by atoms with Crippen molar-refractivity contribution in [3.05, 3.63) is 29.8 Å². The molecule has 0 aromatic heterocycles. The van der Waals surface area contributed by atoms with Gasteiger partial charge >= 0.3 is 6.18 Å². The maximum Gasteiger partial charge on any atom is 0.416 e. The third kappa shape index (κ3) is 3.13. The Labute approximate surface area is 96.4 Å². The molecule has 0 aliphatic carbocycles. The number of benzene rings is 1. The van der Waals surface area contributed by atoms with E-state index < -0.39 is 18.4 Å². The van der Waals surface area contributed by atoms with Crippen LogP contribution in [0.4, 0.5) is 13.2 Å². The second kappa shape index (κ2) is 4.35. The summed E-state index contributed by atoms with van der Waals surface area (Å²) in [6, 6.07) is 5.31. The fraction of sp³-hybridized carbons (Fsp3) is 0.333. The van der Waals surface area contributed by atoms with Gasteiger partial charge in [0.2, 0.25) is 0 Å². The van der Waals surface area contributed by atoms with Crippen LogP contribution in [0.1, 0.15) is 12.5 Å². The molecule has 0 atom stereocenters. The van der Waals surface area contributed by atoms with Crippen LogP contribution in [0.25, 0.3) is 0 Å². The summed E-state index contributed by atoms with van der Waals surface area (Å²) in [7, 11) is 0. The van der Waals surface area contributed by atoms with E-state index in [9.17, 15) is 13.2 Å². The van der Waals surface area contributed by atoms with Crippen molar-refractivity contribution in [3.63, 3.8) is 0 Å². The van der Waals surface area contributed by atoms with Crippen molar-refractivity contribution >= 4 is 34.0 Å². The molecule has 0 aliphatic rings. The zero-order chi connectivity index (χ0) is 11.7. The molecule has 6 heteroatoms. The third-order valence-electron chi connectivity index (χ3n) is 2.08. The molecule has 0 saturated carbocycles. The minimum absolute atomic E-state index is 0.571. The van der Waals surface area contributed by atoms with Crippen LogP contribution in [-0.2, 0) is 6.18 Å². The fourth-order valence-electron chi connectivity index (χ4n) is 1.11. The summed E-state index contributed by atoms with van der Waals surface area (Å²) >= 11 is 12.1. The molecule has 1 aromatic rings. The first kappa shape index (κ1) is 12.9. The predicted molar refractivity (Wildman–Crippen MR) is 59.0 cm³/mol. The first-order valence-electron chi connectivity index (χ1n) is 4.33. The van der Waals surface area contributed by atoms with Crippen LogP contribution in [-0.4, -0.2) is 6.69 Å². The molecule has 0 bridgehead atoms. The second-order valence-corrected chi connectivity index (χ2v) is 10.3. The molecule has 0 saturated heterocycles. The van der Waals surface area contributed by atoms with E-state index >= 15 is 0 Å². The summed E-state index contributed by atoms with van der Waals surface area (Å²) in [6.07, 6.45) is -4.31. The maximum absolute atomic E-state index is 12.2. The zero-order valence-electron chi connectivity index (χ0n) is 7.91. The van der Waals surface area contributed by atoms with Crippen molar-refractivity contribution in [1.29, 1.82) is 0 Å². The molecule has 84 valence electrons. The van der Waals surface area contributed by atoms with Gasteiger partial charge < -0.3 is 0 Å². The van der Waals surface area contributed by atoms with Crippen LogP contribution in [0.2, 0.25) is 6.04 Å². The van der Waals surface area contributed by atoms with Gasteiger partial charge in [-0.15, -0.1) is 22.2 Å². The highest BCUT2D eigenvalue weighted by Gasteiger charge is 2.32. The smallest absolute Gasteiger partial charge is 0.166 e. The minimum atomic E-state index is -4.31. The van der Waals surface area contributed by atoms with E-state index in [0.717, 1.165) is 12.1 Å². The highest BCUT2D eigenvalue weighted by Crippen LogP contribution is 2.29. The van der Waals surface area contributed by atoms with E-state index in [1.165, 1.54) is 12.1 Å². The van der Waals surface area contributed by atoms with Gasteiger partial charge in [0.05, 0.1) is 5.56 Å². The third-order valence-corrected chi connectivity index (χ3v) is 7.06. The lowest BCUT2D eigenvalue weighted by Crippen LogP contribution is -2.35. The van der Waals surface area contributed by atoms with Crippen molar-refractivity contribution in [2.24, 2.45) is 0 Å². The summed E-state index contributed by atoms with van der Waals surface area (Å²) < 4.78 is 36.7. The Morgan fingerprint density at radius 3 is 1.93 bits per heavy atom. The first-order chi connectivity index (χ1) is 6.77. The number of hydrogen-bond acceptors (Lipinski definition) is 0. The number of alkyl halides is 3. The molecule has 0 radical (unpaired) electrons. The molecule has 0 aliphatic heterocycles. The Morgan fingerprint density at radius 1 is 1.13 bits per heavy atom. The summed E-state index contributed by atoms with van der Waals surface area (Å²) in [4.78, 5) is 0. The summed E-state index contributed by atoms with van der Waals surface area (Å²) in [5.41, 5.74) is -0.680. The lowest BCUT2D eigenvalue weighted by atomic mass is 10.2. The van der Waals surface area contributed by atoms with Gasteiger partial charge in [-0.3, -0.25) is 0 Å². The fourth-order valence-corrected chi connectivity index (χ4v) is 2.93. The Bertz CT molecular complexity index is 332. The van der Waals surface area contributed by atoms with Gasteiger partial charge in [-0.1, -0.05) is 31.2 Å². The Kier molecular flexibility index (Phi) is 3.74. The van der Waals surface area contributed by atoms with Crippen molar-refractivity contribution in [2.75, 3.05) is 0 Å². The monoisotopic (exact) mass is 272 g/mol. The SMILES string of the molecule is CC[Si](Cl)(Cl)c1ccc(C(F)(F)F)cc1. The predicted octanol–water partition coefficient (Wildman–Crippen LogP) is 3.85. The topological polar surface area (TPSA) is 0 Å². The Balaban J connectivity index is 3.01. The van der Waals surface area contributed by atoms with E-state index in [4.69, 9.17) is 22.2 Å². The molecule has 0 unspecified atom stereocenters. The van der Waals surface area contributed by atoms with Gasteiger partial charge in [-0.2, -0.15) is 13.2 Å². The van der Waals surface area contributed by atoms with Crippen molar-refractivity contribution in [1.82, 2.24) is 0 Å². The highest BCUT2D eigenvalue weighted by molar-refractivity contribution is 7.50. The van der Waals surface area contributed by atoms with E-state index in [2.05, 4.69) is 0 Å². The molecule has 0 nitrogen and oxygen atoms in total. The van der Waals surface area contributed by atoms with E-state index in [0.29, 0.717) is 11.2 Å². The Hall–Kier alpha value is -0.193. The van der Waals surface area contributed by atoms with Gasteiger partial charge in [0.25, 0.3) is 6.69 Å². The molecule has 0 N–H and O–H groups in total. The molecule has 1 rings (SSSR count). The molecule has 0 heterocycles. The standard InChI is InChI=1S/C9H9Cl2F3Si/c1-2-15(10,11)8-5-3-7(4-6-8)9(12,13)14/h3-6H,2H2,1H3. The normalized spacial score (nSPS) is 12.9. The maximum atomic E-state index is 12.2. The molecule has 1 aromatic carbocycles. The number of hydrogen-bond donors (Lipinski definition) is 0. The van der Waals surface area contributed by atoms with Gasteiger partial charge in [-0.05, 0) is 11.2 Å². The summed E-state index contributed by atoms with van der Waals surface area (Å²) in [5.74, 6) is 0. The van der Waals surface area contributed by atoms with Crippen molar-refractivity contribution in [2.45, 2.75) is 19.1 Å². The summed E-state index contributed by atoms with van der Waals surface area (Å²) in [6.45, 7) is -0.735. The molecule has 15 heavy (non-hydrogen) atoms. The van der Waals surface area contributed by atoms with Crippen LogP contribution in [0.3, 0.4) is 0 Å². The van der Waals surface area contributed by atoms with Crippen molar-refractivity contribution < 1.29 is 13.2 Å². The number of rotatable bonds is 2. The van der Waals surface area contributed by atoms with Crippen LogP contribution >= 0.6 is 22.2 Å². The van der Waals surface area contributed by atoms with E-state index in [-0.39, 0.29) is 0 Å². The first-order valence-corrected chi connectivity index (χ1v) is 8.56. The average molecular weight is 273 g/mol. The molecule has 0 fully saturated rings. The molecule has 0 spiro atoms. The van der Waals surface area contributed by atoms with Crippen LogP contribution in [0, 0.1) is 0 Å². The quantitative estimate of drug-likeness (QED) is 0.567. The Morgan fingerprint density at radius 2 is 1.60 bits per heavy atom. The lowest BCUT2D eigenvalue weighted by molar-refractivity contribution is -0.137. The van der Waals surface area contributed by atoms with Crippen molar-refractivity contribution in [3.8, 4) is 0 Å². The zero-order valence-corrected chi connectivity index (χ0v) is 10.4. The van der Waals surface area contributed by atoms with Crippen LogP contribution < -0.4 is 5.19 Å². The molecular weight excluding hydrogens is 264 g/mol. The van der Waals surface area contributed by atoms with Gasteiger partial charge in [0.1, 0.15) is 0 Å². The minimum Gasteiger partial charge on any atom is -0.166 e. The van der Waals surface area contributed by atoms with E-state index in [1.54, 1.807) is 0 Å². The van der Waals surface area contributed by atoms with Gasteiger partial charge in [-0.25, -0.2) is 0 Å². The van der Waals surface area contributed by atoms with Gasteiger partial charge in [0, 0.05) is 0 Å². The average Bonchev–Trinajstić information content (AvgIpc) is 2.17. The second-order valence-electron chi connectivity index (χ2n) is 3.13. The van der Waals surface area contributed by atoms with Crippen LogP contribution in [0.5, 0.6) is 0 Å². The highest BCUT2D eigenvalue weighted by atomic mass is 35.7. The largest absolute Gasteiger partial charge is 0.416 e. The lowest BCUT2D eigenvalue weighted by Gasteiger charge is -2.15.